The zero-order valence-electron chi connectivity index (χ0n) is 9.47. The van der Waals surface area contributed by atoms with E-state index < -0.39 is 0 Å². The van der Waals surface area contributed by atoms with Crippen LogP contribution in [0.2, 0.25) is 5.02 Å². The predicted octanol–water partition coefficient (Wildman–Crippen LogP) is 3.53. The third-order valence-electron chi connectivity index (χ3n) is 2.79. The van der Waals surface area contributed by atoms with Crippen molar-refractivity contribution in [2.24, 2.45) is 0 Å². The van der Waals surface area contributed by atoms with Crippen molar-refractivity contribution in [2.45, 2.75) is 0 Å². The Morgan fingerprint density at radius 3 is 2.56 bits per heavy atom. The van der Waals surface area contributed by atoms with Gasteiger partial charge in [-0.15, -0.1) is 0 Å². The van der Waals surface area contributed by atoms with Crippen molar-refractivity contribution in [3.63, 3.8) is 0 Å². The molecule has 0 saturated heterocycles. The fourth-order valence-electron chi connectivity index (χ4n) is 1.97. The average Bonchev–Trinajstić information content (AvgIpc) is 2.39. The molecular formula is C14H10ClN3. The molecular weight excluding hydrogens is 246 g/mol. The molecule has 0 aliphatic heterocycles. The van der Waals surface area contributed by atoms with Crippen molar-refractivity contribution in [3.05, 3.63) is 53.7 Å². The van der Waals surface area contributed by atoms with Crippen LogP contribution in [0.15, 0.2) is 48.7 Å². The lowest BCUT2D eigenvalue weighted by atomic mass is 10.0. The molecule has 0 fully saturated rings. The number of nitrogen functional groups attached to an aromatic ring is 1. The minimum atomic E-state index is 0.266. The van der Waals surface area contributed by atoms with E-state index in [1.165, 1.54) is 0 Å². The van der Waals surface area contributed by atoms with E-state index in [0.717, 1.165) is 22.0 Å². The van der Waals surface area contributed by atoms with Gasteiger partial charge in [-0.3, -0.25) is 0 Å². The fraction of sp³-hybridized carbons (Fsp3) is 0. The van der Waals surface area contributed by atoms with Gasteiger partial charge < -0.3 is 5.73 Å². The van der Waals surface area contributed by atoms with Crippen LogP contribution in [-0.2, 0) is 0 Å². The third-order valence-corrected chi connectivity index (χ3v) is 3.12. The number of hydrogen-bond donors (Lipinski definition) is 1. The summed E-state index contributed by atoms with van der Waals surface area (Å²) in [7, 11) is 0. The second kappa shape index (κ2) is 4.27. The molecule has 2 aromatic carbocycles. The van der Waals surface area contributed by atoms with Crippen LogP contribution < -0.4 is 5.73 Å². The number of nitrogens with two attached hydrogens (primary N) is 1. The normalized spacial score (nSPS) is 10.7. The minimum absolute atomic E-state index is 0.266. The summed E-state index contributed by atoms with van der Waals surface area (Å²) in [5.41, 5.74) is 8.38. The van der Waals surface area contributed by atoms with Crippen LogP contribution in [0.3, 0.4) is 0 Å². The van der Waals surface area contributed by atoms with Crippen molar-refractivity contribution < 1.29 is 0 Å². The second-order valence-electron chi connectivity index (χ2n) is 3.95. The summed E-state index contributed by atoms with van der Waals surface area (Å²) >= 11 is 6.22. The lowest BCUT2D eigenvalue weighted by Crippen LogP contribution is -1.95. The number of rotatable bonds is 1. The lowest BCUT2D eigenvalue weighted by Gasteiger charge is -2.07. The Kier molecular flexibility index (Phi) is 2.61. The van der Waals surface area contributed by atoms with E-state index in [-0.39, 0.29) is 5.95 Å². The van der Waals surface area contributed by atoms with Crippen LogP contribution in [0, 0.1) is 0 Å². The Morgan fingerprint density at radius 1 is 0.944 bits per heavy atom. The molecule has 2 N–H and O–H groups in total. The summed E-state index contributed by atoms with van der Waals surface area (Å²) in [4.78, 5) is 8.30. The molecule has 3 aromatic rings. The molecule has 88 valence electrons. The van der Waals surface area contributed by atoms with E-state index in [1.54, 1.807) is 6.20 Å². The summed E-state index contributed by atoms with van der Waals surface area (Å²) in [6, 6.07) is 13.6. The molecule has 0 amide bonds. The Labute approximate surface area is 109 Å². The average molecular weight is 256 g/mol. The monoisotopic (exact) mass is 255 g/mol. The van der Waals surface area contributed by atoms with Gasteiger partial charge in [0.25, 0.3) is 0 Å². The van der Waals surface area contributed by atoms with E-state index in [9.17, 15) is 0 Å². The molecule has 1 heterocycles. The number of benzene rings is 2. The highest BCUT2D eigenvalue weighted by molar-refractivity contribution is 6.33. The molecule has 0 aliphatic rings. The van der Waals surface area contributed by atoms with Crippen LogP contribution in [0.1, 0.15) is 0 Å². The standard InChI is InChI=1S/C14H10ClN3/c15-12-7-2-1-5-10(12)11-6-3-4-9-8-17-14(16)18-13(9)11/h1-8H,(H2,16,17,18). The molecule has 0 spiro atoms. The zero-order chi connectivity index (χ0) is 12.5. The van der Waals surface area contributed by atoms with Crippen molar-refractivity contribution in [1.82, 2.24) is 9.97 Å². The number of hydrogen-bond acceptors (Lipinski definition) is 3. The summed E-state index contributed by atoms with van der Waals surface area (Å²) in [6.45, 7) is 0. The number of fused-ring (bicyclic) bond motifs is 1. The van der Waals surface area contributed by atoms with Crippen LogP contribution >= 0.6 is 11.6 Å². The second-order valence-corrected chi connectivity index (χ2v) is 4.36. The Balaban J connectivity index is 2.36. The lowest BCUT2D eigenvalue weighted by molar-refractivity contribution is 1.24. The number of nitrogens with zero attached hydrogens (tertiary/aromatic N) is 2. The molecule has 0 radical (unpaired) electrons. The Hall–Kier alpha value is -2.13. The van der Waals surface area contributed by atoms with Gasteiger partial charge in [0.15, 0.2) is 0 Å². The highest BCUT2D eigenvalue weighted by Gasteiger charge is 2.08. The fourth-order valence-corrected chi connectivity index (χ4v) is 2.20. The number of aromatic nitrogens is 2. The quantitative estimate of drug-likeness (QED) is 0.724. The van der Waals surface area contributed by atoms with Crippen molar-refractivity contribution in [1.29, 1.82) is 0 Å². The van der Waals surface area contributed by atoms with Gasteiger partial charge in [-0.05, 0) is 6.07 Å². The van der Waals surface area contributed by atoms with Crippen molar-refractivity contribution in [3.8, 4) is 11.1 Å². The molecule has 18 heavy (non-hydrogen) atoms. The molecule has 0 atom stereocenters. The topological polar surface area (TPSA) is 51.8 Å². The first-order valence-corrected chi connectivity index (χ1v) is 5.89. The molecule has 0 aliphatic carbocycles. The first kappa shape index (κ1) is 11.0. The van der Waals surface area contributed by atoms with Crippen LogP contribution in [0.4, 0.5) is 5.95 Å². The smallest absolute Gasteiger partial charge is 0.220 e. The highest BCUT2D eigenvalue weighted by Crippen LogP contribution is 2.32. The van der Waals surface area contributed by atoms with Gasteiger partial charge in [0.2, 0.25) is 5.95 Å². The molecule has 3 rings (SSSR count). The van der Waals surface area contributed by atoms with Crippen molar-refractivity contribution >= 4 is 28.5 Å². The van der Waals surface area contributed by atoms with Crippen LogP contribution in [0.5, 0.6) is 0 Å². The molecule has 3 nitrogen and oxygen atoms in total. The van der Waals surface area contributed by atoms with Gasteiger partial charge in [-0.25, -0.2) is 9.97 Å². The van der Waals surface area contributed by atoms with Crippen molar-refractivity contribution in [2.75, 3.05) is 5.73 Å². The maximum atomic E-state index is 6.22. The van der Waals surface area contributed by atoms with Gasteiger partial charge in [-0.1, -0.05) is 48.0 Å². The first-order valence-electron chi connectivity index (χ1n) is 5.52. The maximum Gasteiger partial charge on any atom is 0.220 e. The third kappa shape index (κ3) is 1.79. The van der Waals surface area contributed by atoms with E-state index in [0.29, 0.717) is 5.02 Å². The maximum absolute atomic E-state index is 6.22. The highest BCUT2D eigenvalue weighted by atomic mass is 35.5. The van der Waals surface area contributed by atoms with Gasteiger partial charge in [0.05, 0.1) is 5.52 Å². The Morgan fingerprint density at radius 2 is 1.72 bits per heavy atom. The van der Waals surface area contributed by atoms with E-state index >= 15 is 0 Å². The van der Waals surface area contributed by atoms with E-state index in [1.807, 2.05) is 42.5 Å². The molecule has 0 saturated carbocycles. The number of halogens is 1. The number of anilines is 1. The molecule has 1 aromatic heterocycles. The SMILES string of the molecule is Nc1ncc2cccc(-c3ccccc3Cl)c2n1. The summed E-state index contributed by atoms with van der Waals surface area (Å²) < 4.78 is 0. The van der Waals surface area contributed by atoms with Gasteiger partial charge >= 0.3 is 0 Å². The van der Waals surface area contributed by atoms with Crippen LogP contribution in [0.25, 0.3) is 22.0 Å². The van der Waals surface area contributed by atoms with E-state index in [2.05, 4.69) is 9.97 Å². The summed E-state index contributed by atoms with van der Waals surface area (Å²) in [6.07, 6.45) is 1.72. The first-order chi connectivity index (χ1) is 8.75. The summed E-state index contributed by atoms with van der Waals surface area (Å²) in [5.74, 6) is 0.266. The predicted molar refractivity (Wildman–Crippen MR) is 74.4 cm³/mol. The zero-order valence-corrected chi connectivity index (χ0v) is 10.2. The minimum Gasteiger partial charge on any atom is -0.368 e. The molecule has 0 bridgehead atoms. The Bertz CT molecular complexity index is 725. The van der Waals surface area contributed by atoms with Gasteiger partial charge in [0, 0.05) is 27.7 Å². The van der Waals surface area contributed by atoms with Gasteiger partial charge in [0.1, 0.15) is 0 Å². The molecule has 4 heteroatoms. The molecule has 0 unspecified atom stereocenters. The summed E-state index contributed by atoms with van der Waals surface area (Å²) in [5, 5.41) is 1.64. The van der Waals surface area contributed by atoms with Crippen LogP contribution in [-0.4, -0.2) is 9.97 Å². The largest absolute Gasteiger partial charge is 0.368 e. The number of para-hydroxylation sites is 1. The van der Waals surface area contributed by atoms with E-state index in [4.69, 9.17) is 17.3 Å². The van der Waals surface area contributed by atoms with Gasteiger partial charge in [-0.2, -0.15) is 0 Å².